The summed E-state index contributed by atoms with van der Waals surface area (Å²) in [5.74, 6) is 0.901. The summed E-state index contributed by atoms with van der Waals surface area (Å²) in [7, 11) is 4.12. The van der Waals surface area contributed by atoms with Gasteiger partial charge in [-0.3, -0.25) is 9.58 Å². The number of hydrogen-bond acceptors (Lipinski definition) is 2. The first kappa shape index (κ1) is 13.9. The van der Waals surface area contributed by atoms with Gasteiger partial charge in [0.15, 0.2) is 0 Å². The molecule has 2 rings (SSSR count). The number of hydrogen-bond donors (Lipinski definition) is 0. The predicted molar refractivity (Wildman–Crippen MR) is 75.8 cm³/mol. The van der Waals surface area contributed by atoms with Crippen molar-refractivity contribution >= 4 is 11.6 Å². The first-order valence-electron chi connectivity index (χ1n) is 6.87. The zero-order chi connectivity index (χ0) is 13.3. The van der Waals surface area contributed by atoms with Crippen molar-refractivity contribution in [1.82, 2.24) is 14.7 Å². The zero-order valence-corrected chi connectivity index (χ0v) is 12.7. The molecule has 0 bridgehead atoms. The Morgan fingerprint density at radius 1 is 1.33 bits per heavy atom. The topological polar surface area (TPSA) is 21.1 Å². The van der Waals surface area contributed by atoms with Gasteiger partial charge in [0, 0.05) is 25.2 Å². The summed E-state index contributed by atoms with van der Waals surface area (Å²) in [6.45, 7) is 5.31. The van der Waals surface area contributed by atoms with Crippen LogP contribution in [0.15, 0.2) is 0 Å². The van der Waals surface area contributed by atoms with E-state index in [0.29, 0.717) is 6.04 Å². The molecule has 0 atom stereocenters. The third-order valence-electron chi connectivity index (χ3n) is 4.29. The molecule has 0 spiro atoms. The van der Waals surface area contributed by atoms with Crippen LogP contribution in [0.1, 0.15) is 43.9 Å². The van der Waals surface area contributed by atoms with Gasteiger partial charge in [0.1, 0.15) is 5.15 Å². The highest BCUT2D eigenvalue weighted by molar-refractivity contribution is 6.30. The van der Waals surface area contributed by atoms with Crippen LogP contribution in [-0.4, -0.2) is 27.8 Å². The third-order valence-corrected chi connectivity index (χ3v) is 4.76. The molecular weight excluding hydrogens is 246 g/mol. The fourth-order valence-electron chi connectivity index (χ4n) is 2.92. The van der Waals surface area contributed by atoms with Crippen molar-refractivity contribution in [2.24, 2.45) is 13.0 Å². The van der Waals surface area contributed by atoms with E-state index in [-0.39, 0.29) is 0 Å². The van der Waals surface area contributed by atoms with E-state index in [0.717, 1.165) is 23.3 Å². The standard InChI is InChI=1S/C14H24ClN3/c1-10-5-7-12(8-6-10)17(3)9-13-11(2)16-18(4)14(13)15/h10,12H,5-9H2,1-4H3. The fourth-order valence-corrected chi connectivity index (χ4v) is 3.15. The summed E-state index contributed by atoms with van der Waals surface area (Å²) in [5, 5.41) is 5.16. The summed E-state index contributed by atoms with van der Waals surface area (Å²) in [5.41, 5.74) is 2.24. The second kappa shape index (κ2) is 5.62. The van der Waals surface area contributed by atoms with Gasteiger partial charge in [-0.2, -0.15) is 5.10 Å². The molecular formula is C14H24ClN3. The van der Waals surface area contributed by atoms with E-state index in [1.807, 2.05) is 14.0 Å². The van der Waals surface area contributed by atoms with Crippen molar-refractivity contribution in [3.05, 3.63) is 16.4 Å². The molecule has 0 unspecified atom stereocenters. The van der Waals surface area contributed by atoms with Crippen molar-refractivity contribution in [1.29, 1.82) is 0 Å². The van der Waals surface area contributed by atoms with Gasteiger partial charge in [-0.25, -0.2) is 0 Å². The molecule has 1 aliphatic rings. The Kier molecular flexibility index (Phi) is 4.33. The van der Waals surface area contributed by atoms with E-state index < -0.39 is 0 Å². The van der Waals surface area contributed by atoms with Gasteiger partial charge in [-0.1, -0.05) is 18.5 Å². The van der Waals surface area contributed by atoms with Crippen LogP contribution in [-0.2, 0) is 13.6 Å². The molecule has 18 heavy (non-hydrogen) atoms. The van der Waals surface area contributed by atoms with Gasteiger partial charge in [0.05, 0.1) is 5.69 Å². The Morgan fingerprint density at radius 2 is 1.94 bits per heavy atom. The largest absolute Gasteiger partial charge is 0.299 e. The summed E-state index contributed by atoms with van der Waals surface area (Å²) in [4.78, 5) is 2.45. The molecule has 3 nitrogen and oxygen atoms in total. The van der Waals surface area contributed by atoms with Crippen molar-refractivity contribution in [2.75, 3.05) is 7.05 Å². The highest BCUT2D eigenvalue weighted by atomic mass is 35.5. The van der Waals surface area contributed by atoms with Crippen molar-refractivity contribution in [2.45, 2.75) is 52.1 Å². The number of rotatable bonds is 3. The Labute approximate surface area is 115 Å². The van der Waals surface area contributed by atoms with E-state index in [2.05, 4.69) is 24.0 Å². The fraction of sp³-hybridized carbons (Fsp3) is 0.786. The lowest BCUT2D eigenvalue weighted by atomic mass is 9.86. The van der Waals surface area contributed by atoms with Crippen LogP contribution >= 0.6 is 11.6 Å². The molecule has 0 aliphatic heterocycles. The number of nitrogens with zero attached hydrogens (tertiary/aromatic N) is 3. The van der Waals surface area contributed by atoms with Gasteiger partial charge < -0.3 is 0 Å². The Morgan fingerprint density at radius 3 is 2.44 bits per heavy atom. The number of halogens is 1. The van der Waals surface area contributed by atoms with Gasteiger partial charge in [0.2, 0.25) is 0 Å². The van der Waals surface area contributed by atoms with E-state index >= 15 is 0 Å². The zero-order valence-electron chi connectivity index (χ0n) is 11.9. The molecule has 102 valence electrons. The first-order valence-corrected chi connectivity index (χ1v) is 7.25. The maximum atomic E-state index is 6.29. The van der Waals surface area contributed by atoms with E-state index in [1.54, 1.807) is 4.68 Å². The van der Waals surface area contributed by atoms with E-state index in [4.69, 9.17) is 11.6 Å². The van der Waals surface area contributed by atoms with Crippen LogP contribution in [0.5, 0.6) is 0 Å². The minimum absolute atomic E-state index is 0.705. The van der Waals surface area contributed by atoms with Crippen LogP contribution in [0.25, 0.3) is 0 Å². The van der Waals surface area contributed by atoms with Crippen LogP contribution in [0.4, 0.5) is 0 Å². The minimum Gasteiger partial charge on any atom is -0.299 e. The van der Waals surface area contributed by atoms with Gasteiger partial charge in [-0.15, -0.1) is 0 Å². The Hall–Kier alpha value is -0.540. The molecule has 1 fully saturated rings. The van der Waals surface area contributed by atoms with Crippen LogP contribution in [0.2, 0.25) is 5.15 Å². The molecule has 4 heteroatoms. The van der Waals surface area contributed by atoms with Gasteiger partial charge >= 0.3 is 0 Å². The number of aryl methyl sites for hydroxylation is 2. The molecule has 0 radical (unpaired) electrons. The second-order valence-electron chi connectivity index (χ2n) is 5.81. The average molecular weight is 270 g/mol. The molecule has 0 saturated heterocycles. The summed E-state index contributed by atoms with van der Waals surface area (Å²) < 4.78 is 1.77. The lowest BCUT2D eigenvalue weighted by Gasteiger charge is -2.33. The third kappa shape index (κ3) is 2.89. The maximum Gasteiger partial charge on any atom is 0.131 e. The summed E-state index contributed by atoms with van der Waals surface area (Å²) >= 11 is 6.29. The molecule has 0 aromatic carbocycles. The quantitative estimate of drug-likeness (QED) is 0.839. The highest BCUT2D eigenvalue weighted by Crippen LogP contribution is 2.28. The van der Waals surface area contributed by atoms with Gasteiger partial charge in [0.25, 0.3) is 0 Å². The molecule has 1 aromatic heterocycles. The second-order valence-corrected chi connectivity index (χ2v) is 6.17. The Balaban J connectivity index is 2.00. The molecule has 1 aromatic rings. The molecule has 1 heterocycles. The molecule has 0 N–H and O–H groups in total. The molecule has 1 saturated carbocycles. The molecule has 1 aliphatic carbocycles. The lowest BCUT2D eigenvalue weighted by Crippen LogP contribution is -2.34. The first-order chi connectivity index (χ1) is 8.49. The van der Waals surface area contributed by atoms with Crippen LogP contribution in [0.3, 0.4) is 0 Å². The Bertz CT molecular complexity index is 405. The average Bonchev–Trinajstić information content (AvgIpc) is 2.57. The van der Waals surface area contributed by atoms with E-state index in [1.165, 1.54) is 31.2 Å². The van der Waals surface area contributed by atoms with E-state index in [9.17, 15) is 0 Å². The van der Waals surface area contributed by atoms with Gasteiger partial charge in [-0.05, 0) is 45.6 Å². The van der Waals surface area contributed by atoms with Crippen LogP contribution in [0, 0.1) is 12.8 Å². The number of aromatic nitrogens is 2. The van der Waals surface area contributed by atoms with Crippen LogP contribution < -0.4 is 0 Å². The van der Waals surface area contributed by atoms with Crippen molar-refractivity contribution < 1.29 is 0 Å². The summed E-state index contributed by atoms with van der Waals surface area (Å²) in [6, 6.07) is 0.705. The predicted octanol–water partition coefficient (Wildman–Crippen LogP) is 3.39. The van der Waals surface area contributed by atoms with Crippen molar-refractivity contribution in [3.8, 4) is 0 Å². The SMILES string of the molecule is Cc1nn(C)c(Cl)c1CN(C)C1CCC(C)CC1. The van der Waals surface area contributed by atoms with Crippen molar-refractivity contribution in [3.63, 3.8) is 0 Å². The highest BCUT2D eigenvalue weighted by Gasteiger charge is 2.23. The smallest absolute Gasteiger partial charge is 0.131 e. The lowest BCUT2D eigenvalue weighted by molar-refractivity contribution is 0.163. The summed E-state index contributed by atoms with van der Waals surface area (Å²) in [6.07, 6.45) is 5.34. The molecule has 0 amide bonds. The normalized spacial score (nSPS) is 24.8. The monoisotopic (exact) mass is 269 g/mol. The maximum absolute atomic E-state index is 6.29. The minimum atomic E-state index is 0.705.